The number of fused-ring (bicyclic) bond motifs is 6. The Labute approximate surface area is 368 Å². The first-order valence-electron chi connectivity index (χ1n) is 21.9. The minimum atomic E-state index is -0.273. The van der Waals surface area contributed by atoms with Crippen molar-refractivity contribution < 1.29 is 0 Å². The molecule has 0 unspecified atom stereocenters. The van der Waals surface area contributed by atoms with Crippen molar-refractivity contribution in [3.8, 4) is 22.3 Å². The highest BCUT2D eigenvalue weighted by atomic mass is 15.2. The van der Waals surface area contributed by atoms with Crippen molar-refractivity contribution in [3.63, 3.8) is 0 Å². The first-order valence-corrected chi connectivity index (χ1v) is 21.9. The van der Waals surface area contributed by atoms with Crippen LogP contribution in [-0.2, 0) is 5.41 Å². The first kappa shape index (κ1) is 36.9. The summed E-state index contributed by atoms with van der Waals surface area (Å²) in [5.41, 5.74) is 14.2. The largest absolute Gasteiger partial charge is 0.310 e. The summed E-state index contributed by atoms with van der Waals surface area (Å²) in [6, 6.07) is 84.9. The van der Waals surface area contributed by atoms with E-state index in [-0.39, 0.29) is 5.41 Å². The fourth-order valence-corrected chi connectivity index (χ4v) is 10.3. The zero-order valence-corrected chi connectivity index (χ0v) is 35.3. The van der Waals surface area contributed by atoms with Crippen molar-refractivity contribution in [2.75, 3.05) is 9.80 Å². The normalized spacial score (nSPS) is 13.0. The number of anilines is 6. The van der Waals surface area contributed by atoms with Crippen molar-refractivity contribution in [2.24, 2.45) is 0 Å². The van der Waals surface area contributed by atoms with Gasteiger partial charge in [0.25, 0.3) is 0 Å². The van der Waals surface area contributed by atoms with Gasteiger partial charge in [0, 0.05) is 33.1 Å². The topological polar surface area (TPSA) is 6.48 Å². The molecule has 0 saturated carbocycles. The molecule has 1 heterocycles. The van der Waals surface area contributed by atoms with E-state index < -0.39 is 0 Å². The molecule has 11 aromatic carbocycles. The third kappa shape index (κ3) is 6.02. The van der Waals surface area contributed by atoms with Crippen LogP contribution in [0.1, 0.15) is 25.0 Å². The molecule has 12 rings (SSSR count). The van der Waals surface area contributed by atoms with Gasteiger partial charge in [-0.15, -0.1) is 0 Å². The second-order valence-corrected chi connectivity index (χ2v) is 17.3. The molecule has 0 spiro atoms. The Kier molecular flexibility index (Phi) is 8.55. The summed E-state index contributed by atoms with van der Waals surface area (Å²) in [6.07, 6.45) is 0. The van der Waals surface area contributed by atoms with Gasteiger partial charge in [-0.2, -0.15) is 0 Å². The van der Waals surface area contributed by atoms with Gasteiger partial charge in [-0.1, -0.05) is 196 Å². The average Bonchev–Trinajstić information content (AvgIpc) is 3.34. The number of para-hydroxylation sites is 1. The van der Waals surface area contributed by atoms with Crippen LogP contribution in [0.25, 0.3) is 65.3 Å². The van der Waals surface area contributed by atoms with E-state index >= 15 is 0 Å². The third-order valence-electron chi connectivity index (χ3n) is 13.3. The predicted molar refractivity (Wildman–Crippen MR) is 269 cm³/mol. The zero-order valence-electron chi connectivity index (χ0n) is 35.3. The summed E-state index contributed by atoms with van der Waals surface area (Å²) in [4.78, 5) is 4.97. The molecule has 2 heteroatoms. The Morgan fingerprint density at radius 3 is 1.68 bits per heavy atom. The Morgan fingerprint density at radius 1 is 0.365 bits per heavy atom. The monoisotopic (exact) mass is 804 g/mol. The van der Waals surface area contributed by atoms with Crippen molar-refractivity contribution in [1.29, 1.82) is 0 Å². The Hall–Kier alpha value is -7.94. The minimum Gasteiger partial charge on any atom is -0.310 e. The summed E-state index contributed by atoms with van der Waals surface area (Å²) in [7, 11) is 0. The Morgan fingerprint density at radius 2 is 0.905 bits per heavy atom. The molecule has 63 heavy (non-hydrogen) atoms. The maximum Gasteiger partial charge on any atom is 0.0618 e. The molecule has 0 fully saturated rings. The van der Waals surface area contributed by atoms with Crippen molar-refractivity contribution >= 4 is 77.2 Å². The molecule has 298 valence electrons. The van der Waals surface area contributed by atoms with Crippen LogP contribution in [0.2, 0.25) is 0 Å². The summed E-state index contributed by atoms with van der Waals surface area (Å²) in [5.74, 6) is 0. The fourth-order valence-electron chi connectivity index (χ4n) is 10.3. The van der Waals surface area contributed by atoms with Gasteiger partial charge < -0.3 is 9.80 Å². The number of benzene rings is 11. The van der Waals surface area contributed by atoms with E-state index in [1.807, 2.05) is 0 Å². The molecule has 0 bridgehead atoms. The third-order valence-corrected chi connectivity index (χ3v) is 13.3. The SMILES string of the molecule is CC1(C)c2ccccc2N(c2c(-c3ccc(N(c4ccc5ccccc5c4)c4cccc5ccccc45)cc3)ccc3ccccc23)c2cccc(-c3ccc4ccccc4c3)c21. The van der Waals surface area contributed by atoms with Gasteiger partial charge in [0.15, 0.2) is 0 Å². The predicted octanol–water partition coefficient (Wildman–Crippen LogP) is 17.2. The lowest BCUT2D eigenvalue weighted by Gasteiger charge is -2.44. The quantitative estimate of drug-likeness (QED) is 0.165. The van der Waals surface area contributed by atoms with Gasteiger partial charge in [0.2, 0.25) is 0 Å². The highest BCUT2D eigenvalue weighted by Crippen LogP contribution is 2.57. The van der Waals surface area contributed by atoms with Crippen molar-refractivity contribution in [3.05, 3.63) is 242 Å². The van der Waals surface area contributed by atoms with Crippen LogP contribution >= 0.6 is 0 Å². The van der Waals surface area contributed by atoms with Gasteiger partial charge in [-0.05, 0) is 109 Å². The van der Waals surface area contributed by atoms with Gasteiger partial charge in [0.05, 0.1) is 22.7 Å². The molecule has 2 nitrogen and oxygen atoms in total. The molecular weight excluding hydrogens is 761 g/mol. The van der Waals surface area contributed by atoms with E-state index in [2.05, 4.69) is 254 Å². The lowest BCUT2D eigenvalue weighted by atomic mass is 9.70. The van der Waals surface area contributed by atoms with Gasteiger partial charge >= 0.3 is 0 Å². The molecular formula is C61H44N2. The highest BCUT2D eigenvalue weighted by Gasteiger charge is 2.39. The number of rotatable bonds is 6. The van der Waals surface area contributed by atoms with Crippen molar-refractivity contribution in [1.82, 2.24) is 0 Å². The van der Waals surface area contributed by atoms with E-state index in [1.54, 1.807) is 0 Å². The maximum absolute atomic E-state index is 2.56. The van der Waals surface area contributed by atoms with E-state index in [0.717, 1.165) is 22.6 Å². The second-order valence-electron chi connectivity index (χ2n) is 17.3. The molecule has 0 saturated heterocycles. The smallest absolute Gasteiger partial charge is 0.0618 e. The van der Waals surface area contributed by atoms with Gasteiger partial charge in [-0.25, -0.2) is 0 Å². The van der Waals surface area contributed by atoms with E-state index in [0.29, 0.717) is 0 Å². The van der Waals surface area contributed by atoms with Gasteiger partial charge in [-0.3, -0.25) is 0 Å². The number of hydrogen-bond acceptors (Lipinski definition) is 2. The fraction of sp³-hybridized carbons (Fsp3) is 0.0492. The molecule has 0 aliphatic carbocycles. The molecule has 0 radical (unpaired) electrons. The average molecular weight is 805 g/mol. The summed E-state index contributed by atoms with van der Waals surface area (Å²) in [6.45, 7) is 4.79. The lowest BCUT2D eigenvalue weighted by molar-refractivity contribution is 0.634. The molecule has 0 N–H and O–H groups in total. The van der Waals surface area contributed by atoms with Crippen LogP contribution in [-0.4, -0.2) is 0 Å². The Bertz CT molecular complexity index is 3560. The highest BCUT2D eigenvalue weighted by molar-refractivity contribution is 6.08. The van der Waals surface area contributed by atoms with Crippen LogP contribution in [0.4, 0.5) is 34.1 Å². The van der Waals surface area contributed by atoms with E-state index in [1.165, 1.54) is 88.0 Å². The van der Waals surface area contributed by atoms with Crippen LogP contribution in [0, 0.1) is 0 Å². The van der Waals surface area contributed by atoms with Crippen LogP contribution in [0.15, 0.2) is 231 Å². The number of hydrogen-bond donors (Lipinski definition) is 0. The molecule has 0 aromatic heterocycles. The molecule has 1 aliphatic heterocycles. The second kappa shape index (κ2) is 14.6. The van der Waals surface area contributed by atoms with Crippen LogP contribution in [0.5, 0.6) is 0 Å². The van der Waals surface area contributed by atoms with Gasteiger partial charge in [0.1, 0.15) is 0 Å². The van der Waals surface area contributed by atoms with Crippen LogP contribution in [0.3, 0.4) is 0 Å². The number of nitrogens with zero attached hydrogens (tertiary/aromatic N) is 2. The minimum absolute atomic E-state index is 0.273. The van der Waals surface area contributed by atoms with E-state index in [4.69, 9.17) is 0 Å². The zero-order chi connectivity index (χ0) is 42.1. The standard InChI is InChI=1S/C61H44N2/c1-61(2)55-25-11-12-26-57(55)63(58-28-14-24-52(59(58)61)48-30-29-41-15-3-5-19-46(41)39-48)60-53-23-10-8-18-44(53)34-38-54(60)45-32-35-49(36-33-45)62(50-37-31-42-16-4-6-20-47(42)40-50)56-27-13-21-43-17-7-9-22-51(43)56/h3-40H,1-2H3. The molecule has 0 amide bonds. The van der Waals surface area contributed by atoms with Crippen molar-refractivity contribution in [2.45, 2.75) is 19.3 Å². The lowest BCUT2D eigenvalue weighted by Crippen LogP contribution is -2.31. The summed E-state index contributed by atoms with van der Waals surface area (Å²) >= 11 is 0. The molecule has 11 aromatic rings. The summed E-state index contributed by atoms with van der Waals surface area (Å²) in [5, 5.41) is 9.79. The summed E-state index contributed by atoms with van der Waals surface area (Å²) < 4.78 is 0. The van der Waals surface area contributed by atoms with Crippen LogP contribution < -0.4 is 9.80 Å². The first-order chi connectivity index (χ1) is 31.0. The maximum atomic E-state index is 2.56. The molecule has 1 aliphatic rings. The Balaban J connectivity index is 1.06. The van der Waals surface area contributed by atoms with E-state index in [9.17, 15) is 0 Å². The molecule has 0 atom stereocenters.